The van der Waals surface area contributed by atoms with Gasteiger partial charge in [-0.15, -0.1) is 0 Å². The van der Waals surface area contributed by atoms with Crippen molar-refractivity contribution < 1.29 is 14.3 Å². The molecule has 1 amide bonds. The molecule has 5 rings (SSSR count). The number of aromatic amines is 1. The first-order chi connectivity index (χ1) is 18.4. The zero-order valence-electron chi connectivity index (χ0n) is 20.2. The Morgan fingerprint density at radius 2 is 1.76 bits per heavy atom. The lowest BCUT2D eigenvalue weighted by molar-refractivity contribution is 0.0734. The van der Waals surface area contributed by atoms with Crippen molar-refractivity contribution in [2.24, 2.45) is 5.10 Å². The summed E-state index contributed by atoms with van der Waals surface area (Å²) in [4.78, 5) is 29.3. The zero-order valence-corrected chi connectivity index (χ0v) is 23.9. The van der Waals surface area contributed by atoms with E-state index in [9.17, 15) is 9.59 Å². The van der Waals surface area contributed by atoms with E-state index < -0.39 is 5.97 Å². The van der Waals surface area contributed by atoms with Crippen LogP contribution in [0.5, 0.6) is 5.75 Å². The lowest BCUT2D eigenvalue weighted by atomic mass is 10.0. The van der Waals surface area contributed by atoms with E-state index in [-0.39, 0.29) is 5.91 Å². The lowest BCUT2D eigenvalue weighted by Gasteiger charge is -2.09. The van der Waals surface area contributed by atoms with Gasteiger partial charge in [-0.1, -0.05) is 76.1 Å². The molecule has 1 heterocycles. The highest BCUT2D eigenvalue weighted by atomic mass is 127. The highest BCUT2D eigenvalue weighted by molar-refractivity contribution is 14.1. The second-order valence-corrected chi connectivity index (χ2v) is 10.6. The van der Waals surface area contributed by atoms with E-state index in [0.29, 0.717) is 22.6 Å². The molecule has 0 spiro atoms. The first-order valence-electron chi connectivity index (χ1n) is 11.7. The number of halogens is 2. The number of hydrogen-bond acceptors (Lipinski definition) is 4. The molecule has 0 saturated carbocycles. The number of hydrogen-bond donors (Lipinski definition) is 2. The van der Waals surface area contributed by atoms with Crippen molar-refractivity contribution in [1.29, 1.82) is 0 Å². The molecule has 4 aromatic carbocycles. The third-order valence-electron chi connectivity index (χ3n) is 5.87. The summed E-state index contributed by atoms with van der Waals surface area (Å²) >= 11 is 5.69. The van der Waals surface area contributed by atoms with Crippen LogP contribution < -0.4 is 10.2 Å². The van der Waals surface area contributed by atoms with Crippen LogP contribution in [0.2, 0.25) is 0 Å². The summed E-state index contributed by atoms with van der Waals surface area (Å²) in [7, 11) is 0. The van der Waals surface area contributed by atoms with E-state index in [1.54, 1.807) is 36.4 Å². The van der Waals surface area contributed by atoms with Crippen LogP contribution in [0.1, 0.15) is 32.0 Å². The maximum Gasteiger partial charge on any atom is 0.343 e. The van der Waals surface area contributed by atoms with Gasteiger partial charge in [0.1, 0.15) is 11.4 Å². The third kappa shape index (κ3) is 5.56. The predicted octanol–water partition coefficient (Wildman–Crippen LogP) is 7.49. The molecular weight excluding hydrogens is 657 g/mol. The number of ether oxygens (including phenoxy) is 1. The number of H-pyrrole nitrogens is 1. The summed E-state index contributed by atoms with van der Waals surface area (Å²) in [6.07, 6.45) is 1.45. The number of rotatable bonds is 6. The number of aromatic nitrogens is 1. The summed E-state index contributed by atoms with van der Waals surface area (Å²) in [6.45, 7) is 1.91. The molecular formula is C30H21BrIN3O3. The number of carbonyl (C=O) groups is 2. The van der Waals surface area contributed by atoms with E-state index in [1.165, 1.54) is 6.21 Å². The molecule has 2 N–H and O–H groups in total. The van der Waals surface area contributed by atoms with Crippen LogP contribution in [0, 0.1) is 10.5 Å². The molecule has 188 valence electrons. The summed E-state index contributed by atoms with van der Waals surface area (Å²) in [5, 5.41) is 5.14. The SMILES string of the molecule is Cc1cccc(C(=O)Oc2ccc(Br)cc2C=NNC(=O)c2[nH]c3c(I)cccc3c2-c2ccccc2)c1. The fourth-order valence-corrected chi connectivity index (χ4v) is 5.13. The van der Waals surface area contributed by atoms with Gasteiger partial charge in [0.2, 0.25) is 0 Å². The smallest absolute Gasteiger partial charge is 0.343 e. The molecule has 0 saturated heterocycles. The Morgan fingerprint density at radius 3 is 2.55 bits per heavy atom. The number of carbonyl (C=O) groups excluding carboxylic acids is 2. The predicted molar refractivity (Wildman–Crippen MR) is 162 cm³/mol. The van der Waals surface area contributed by atoms with Gasteiger partial charge < -0.3 is 9.72 Å². The molecule has 0 aliphatic rings. The molecule has 38 heavy (non-hydrogen) atoms. The van der Waals surface area contributed by atoms with Crippen molar-refractivity contribution in [3.05, 3.63) is 121 Å². The molecule has 0 fully saturated rings. The molecule has 0 bridgehead atoms. The normalized spacial score (nSPS) is 11.1. The standard InChI is InChI=1S/C30H21BrIN3O3/c1-18-7-5-10-20(15-18)30(37)38-25-14-13-22(31)16-21(25)17-33-35-29(36)28-26(19-8-3-2-4-9-19)23-11-6-12-24(32)27(23)34-28/h2-17,34H,1H3,(H,35,36). The van der Waals surface area contributed by atoms with Gasteiger partial charge in [-0.25, -0.2) is 10.2 Å². The number of amides is 1. The van der Waals surface area contributed by atoms with Crippen molar-refractivity contribution in [2.45, 2.75) is 6.92 Å². The van der Waals surface area contributed by atoms with Gasteiger partial charge in [0.25, 0.3) is 5.91 Å². The number of esters is 1. The number of nitrogens with zero attached hydrogens (tertiary/aromatic N) is 1. The van der Waals surface area contributed by atoms with Gasteiger partial charge in [-0.05, 0) is 71.5 Å². The number of para-hydroxylation sites is 1. The Labute approximate surface area is 241 Å². The average molecular weight is 678 g/mol. The monoisotopic (exact) mass is 677 g/mol. The van der Waals surface area contributed by atoms with E-state index >= 15 is 0 Å². The summed E-state index contributed by atoms with van der Waals surface area (Å²) < 4.78 is 7.43. The van der Waals surface area contributed by atoms with Crippen LogP contribution in [0.3, 0.4) is 0 Å². The second kappa shape index (κ2) is 11.3. The van der Waals surface area contributed by atoms with Gasteiger partial charge in [-0.3, -0.25) is 4.79 Å². The molecule has 0 atom stereocenters. The maximum absolute atomic E-state index is 13.3. The van der Waals surface area contributed by atoms with Crippen molar-refractivity contribution in [3.8, 4) is 16.9 Å². The fourth-order valence-electron chi connectivity index (χ4n) is 4.12. The highest BCUT2D eigenvalue weighted by Gasteiger charge is 2.20. The van der Waals surface area contributed by atoms with Crippen LogP contribution in [-0.4, -0.2) is 23.1 Å². The molecule has 0 unspecified atom stereocenters. The molecule has 6 nitrogen and oxygen atoms in total. The topological polar surface area (TPSA) is 83.5 Å². The summed E-state index contributed by atoms with van der Waals surface area (Å²) in [5.41, 5.74) is 7.58. The highest BCUT2D eigenvalue weighted by Crippen LogP contribution is 2.34. The number of hydrazone groups is 1. The van der Waals surface area contributed by atoms with E-state index in [2.05, 4.69) is 54.0 Å². The number of benzene rings is 4. The fraction of sp³-hybridized carbons (Fsp3) is 0.0333. The molecule has 1 aromatic heterocycles. The third-order valence-corrected chi connectivity index (χ3v) is 7.26. The van der Waals surface area contributed by atoms with Crippen LogP contribution in [-0.2, 0) is 0 Å². The molecule has 0 radical (unpaired) electrons. The Morgan fingerprint density at radius 1 is 0.974 bits per heavy atom. The number of nitrogens with one attached hydrogen (secondary N) is 2. The number of fused-ring (bicyclic) bond motifs is 1. The van der Waals surface area contributed by atoms with Gasteiger partial charge in [-0.2, -0.15) is 5.10 Å². The van der Waals surface area contributed by atoms with Gasteiger partial charge in [0.05, 0.1) is 17.3 Å². The van der Waals surface area contributed by atoms with Crippen LogP contribution >= 0.6 is 38.5 Å². The van der Waals surface area contributed by atoms with Crippen molar-refractivity contribution in [1.82, 2.24) is 10.4 Å². The largest absolute Gasteiger partial charge is 0.422 e. The Bertz CT molecular complexity index is 1700. The van der Waals surface area contributed by atoms with Crippen molar-refractivity contribution in [3.63, 3.8) is 0 Å². The van der Waals surface area contributed by atoms with Crippen LogP contribution in [0.25, 0.3) is 22.0 Å². The second-order valence-electron chi connectivity index (χ2n) is 8.54. The van der Waals surface area contributed by atoms with E-state index in [1.807, 2.05) is 61.5 Å². The van der Waals surface area contributed by atoms with Crippen LogP contribution in [0.4, 0.5) is 0 Å². The molecule has 0 aliphatic heterocycles. The molecule has 0 aliphatic carbocycles. The van der Waals surface area contributed by atoms with Crippen molar-refractivity contribution in [2.75, 3.05) is 0 Å². The van der Waals surface area contributed by atoms with E-state index in [4.69, 9.17) is 4.74 Å². The summed E-state index contributed by atoms with van der Waals surface area (Å²) in [5.74, 6) is -0.543. The van der Waals surface area contributed by atoms with Gasteiger partial charge >= 0.3 is 5.97 Å². The summed E-state index contributed by atoms with van der Waals surface area (Å²) in [6, 6.07) is 28.1. The Kier molecular flexibility index (Phi) is 7.71. The van der Waals surface area contributed by atoms with Crippen LogP contribution in [0.15, 0.2) is 101 Å². The van der Waals surface area contributed by atoms with Gasteiger partial charge in [0, 0.05) is 24.6 Å². The minimum atomic E-state index is -0.477. The first-order valence-corrected chi connectivity index (χ1v) is 13.6. The Balaban J connectivity index is 1.42. The lowest BCUT2D eigenvalue weighted by Crippen LogP contribution is -2.19. The minimum absolute atomic E-state index is 0.322. The molecule has 5 aromatic rings. The van der Waals surface area contributed by atoms with E-state index in [0.717, 1.165) is 35.6 Å². The quantitative estimate of drug-likeness (QED) is 0.0642. The first kappa shape index (κ1) is 25.9. The van der Waals surface area contributed by atoms with Crippen molar-refractivity contribution >= 4 is 67.5 Å². The average Bonchev–Trinajstić information content (AvgIpc) is 3.32. The number of aryl methyl sites for hydroxylation is 1. The zero-order chi connectivity index (χ0) is 26.6. The minimum Gasteiger partial charge on any atom is -0.422 e. The maximum atomic E-state index is 13.3. The van der Waals surface area contributed by atoms with Gasteiger partial charge in [0.15, 0.2) is 0 Å². The Hall–Kier alpha value is -3.76. The molecule has 8 heteroatoms.